The molecule has 0 atom stereocenters. The Morgan fingerprint density at radius 3 is 1.13 bits per heavy atom. The third kappa shape index (κ3) is 15.1. The van der Waals surface area contributed by atoms with E-state index in [0.717, 1.165) is 61.6 Å². The molecule has 0 spiro atoms. The maximum Gasteiger partial charge on any atom is 0.159 e. The second-order valence-corrected chi connectivity index (χ2v) is 6.77. The topological polar surface area (TPSA) is 64.6 Å². The van der Waals surface area contributed by atoms with Gasteiger partial charge in [0.25, 0.3) is 0 Å². The van der Waals surface area contributed by atoms with Gasteiger partial charge in [-0.15, -0.1) is 0 Å². The molecule has 0 aromatic rings. The highest BCUT2D eigenvalue weighted by Crippen LogP contribution is 2.17. The molecule has 7 nitrogen and oxygen atoms in total. The molecule has 0 heterocycles. The molecule has 0 radical (unpaired) electrons. The Bertz CT molecular complexity index is 433. The normalized spacial score (nSPS) is 12.8. The number of rotatable bonds is 22. The van der Waals surface area contributed by atoms with Crippen molar-refractivity contribution in [2.24, 2.45) is 0 Å². The quantitative estimate of drug-likeness (QED) is 0.116. The smallest absolute Gasteiger partial charge is 0.159 e. The van der Waals surface area contributed by atoms with E-state index >= 15 is 0 Å². The molecule has 31 heavy (non-hydrogen) atoms. The zero-order chi connectivity index (χ0) is 23.2. The standard InChI is InChI=1S/C24H46O7/c1-7-13-15-21(28-9-3)23(30-11-5)17-25-19-27-20-26-18-24(31-12-6)22(29-10-4)16-14-8-2/h7-20H2,1-6H3. The van der Waals surface area contributed by atoms with E-state index in [4.69, 9.17) is 33.2 Å². The van der Waals surface area contributed by atoms with E-state index in [2.05, 4.69) is 13.8 Å². The fourth-order valence-electron chi connectivity index (χ4n) is 2.78. The summed E-state index contributed by atoms with van der Waals surface area (Å²) in [4.78, 5) is 0. The monoisotopic (exact) mass is 446 g/mol. The number of hydrogen-bond donors (Lipinski definition) is 0. The van der Waals surface area contributed by atoms with Gasteiger partial charge in [0.1, 0.15) is 38.3 Å². The Balaban J connectivity index is 4.50. The van der Waals surface area contributed by atoms with Crippen molar-refractivity contribution in [3.05, 3.63) is 23.0 Å². The number of allylic oxidation sites excluding steroid dienone is 2. The fraction of sp³-hybridized carbons (Fsp3) is 0.833. The molecule has 0 aliphatic rings. The van der Waals surface area contributed by atoms with E-state index in [1.807, 2.05) is 27.7 Å². The van der Waals surface area contributed by atoms with E-state index in [0.29, 0.717) is 39.6 Å². The molecule has 0 fully saturated rings. The van der Waals surface area contributed by atoms with Crippen molar-refractivity contribution in [2.75, 3.05) is 53.2 Å². The van der Waals surface area contributed by atoms with Crippen LogP contribution in [-0.2, 0) is 33.2 Å². The second-order valence-electron chi connectivity index (χ2n) is 6.77. The zero-order valence-electron chi connectivity index (χ0n) is 20.8. The first-order valence-electron chi connectivity index (χ1n) is 11.9. The molecule has 0 amide bonds. The largest absolute Gasteiger partial charge is 0.495 e. The van der Waals surface area contributed by atoms with Crippen LogP contribution < -0.4 is 0 Å². The lowest BCUT2D eigenvalue weighted by molar-refractivity contribution is -0.131. The molecule has 0 aromatic heterocycles. The second kappa shape index (κ2) is 21.8. The summed E-state index contributed by atoms with van der Waals surface area (Å²) in [6.07, 6.45) is 5.99. The van der Waals surface area contributed by atoms with Crippen LogP contribution in [0.3, 0.4) is 0 Å². The Morgan fingerprint density at radius 2 is 0.806 bits per heavy atom. The Morgan fingerprint density at radius 1 is 0.452 bits per heavy atom. The van der Waals surface area contributed by atoms with Gasteiger partial charge in [-0.1, -0.05) is 26.7 Å². The zero-order valence-corrected chi connectivity index (χ0v) is 20.8. The van der Waals surface area contributed by atoms with Gasteiger partial charge in [0.15, 0.2) is 11.5 Å². The maximum atomic E-state index is 5.75. The molecular weight excluding hydrogens is 400 g/mol. The van der Waals surface area contributed by atoms with E-state index in [-0.39, 0.29) is 13.6 Å². The summed E-state index contributed by atoms with van der Waals surface area (Å²) in [5, 5.41) is 0. The Kier molecular flexibility index (Phi) is 20.8. The predicted octanol–water partition coefficient (Wildman–Crippen LogP) is 5.90. The molecule has 0 aromatic carbocycles. The summed E-state index contributed by atoms with van der Waals surface area (Å²) >= 11 is 0. The van der Waals surface area contributed by atoms with Gasteiger partial charge in [0, 0.05) is 12.8 Å². The third-order valence-corrected chi connectivity index (χ3v) is 4.21. The SMILES string of the molecule is CCCCC(OCC)=C(COCOCOCC(OCC)=C(CCCC)OCC)OCC. The molecule has 7 heteroatoms. The van der Waals surface area contributed by atoms with Gasteiger partial charge in [-0.25, -0.2) is 0 Å². The first-order chi connectivity index (χ1) is 15.2. The van der Waals surface area contributed by atoms with Crippen molar-refractivity contribution < 1.29 is 33.2 Å². The van der Waals surface area contributed by atoms with Crippen molar-refractivity contribution in [3.8, 4) is 0 Å². The Hall–Kier alpha value is -1.44. The summed E-state index contributed by atoms with van der Waals surface area (Å²) < 4.78 is 39.6. The van der Waals surface area contributed by atoms with Crippen molar-refractivity contribution >= 4 is 0 Å². The number of unbranched alkanes of at least 4 members (excludes halogenated alkanes) is 2. The van der Waals surface area contributed by atoms with E-state index in [1.54, 1.807) is 0 Å². The van der Waals surface area contributed by atoms with Crippen LogP contribution in [0.5, 0.6) is 0 Å². The summed E-state index contributed by atoms with van der Waals surface area (Å²) in [5.41, 5.74) is 0. The Labute approximate surface area is 190 Å². The first kappa shape index (κ1) is 29.6. The summed E-state index contributed by atoms with van der Waals surface area (Å²) in [7, 11) is 0. The minimum Gasteiger partial charge on any atom is -0.495 e. The molecular formula is C24H46O7. The minimum atomic E-state index is 0.103. The van der Waals surface area contributed by atoms with Crippen LogP contribution in [-0.4, -0.2) is 53.2 Å². The van der Waals surface area contributed by atoms with Crippen LogP contribution in [0.4, 0.5) is 0 Å². The van der Waals surface area contributed by atoms with E-state index in [1.165, 1.54) is 0 Å². The highest BCUT2D eigenvalue weighted by Gasteiger charge is 2.11. The lowest BCUT2D eigenvalue weighted by Gasteiger charge is -2.17. The molecule has 0 unspecified atom stereocenters. The fourth-order valence-corrected chi connectivity index (χ4v) is 2.78. The molecule has 184 valence electrons. The summed E-state index contributed by atoms with van der Waals surface area (Å²) in [6.45, 7) is 15.3. The molecule has 0 bridgehead atoms. The van der Waals surface area contributed by atoms with Crippen LogP contribution in [0.2, 0.25) is 0 Å². The van der Waals surface area contributed by atoms with Crippen LogP contribution in [0.25, 0.3) is 0 Å². The molecule has 0 saturated carbocycles. The van der Waals surface area contributed by atoms with Gasteiger partial charge >= 0.3 is 0 Å². The van der Waals surface area contributed by atoms with Crippen LogP contribution in [0.15, 0.2) is 23.0 Å². The molecule has 0 saturated heterocycles. The predicted molar refractivity (Wildman–Crippen MR) is 122 cm³/mol. The van der Waals surface area contributed by atoms with Crippen molar-refractivity contribution in [2.45, 2.75) is 80.1 Å². The first-order valence-corrected chi connectivity index (χ1v) is 11.9. The van der Waals surface area contributed by atoms with Crippen LogP contribution in [0.1, 0.15) is 80.1 Å². The highest BCUT2D eigenvalue weighted by atomic mass is 16.7. The molecule has 0 aliphatic carbocycles. The molecule has 0 aliphatic heterocycles. The van der Waals surface area contributed by atoms with Crippen LogP contribution in [0, 0.1) is 0 Å². The van der Waals surface area contributed by atoms with Gasteiger partial charge < -0.3 is 33.2 Å². The molecule has 0 N–H and O–H groups in total. The lowest BCUT2D eigenvalue weighted by Crippen LogP contribution is -2.13. The van der Waals surface area contributed by atoms with Crippen molar-refractivity contribution in [3.63, 3.8) is 0 Å². The summed E-state index contributed by atoms with van der Waals surface area (Å²) in [5.74, 6) is 3.20. The van der Waals surface area contributed by atoms with Gasteiger partial charge in [-0.05, 0) is 40.5 Å². The molecule has 0 rings (SSSR count). The minimum absolute atomic E-state index is 0.103. The maximum absolute atomic E-state index is 5.75. The van der Waals surface area contributed by atoms with Crippen LogP contribution >= 0.6 is 0 Å². The van der Waals surface area contributed by atoms with E-state index < -0.39 is 0 Å². The summed E-state index contributed by atoms with van der Waals surface area (Å²) in [6, 6.07) is 0. The highest BCUT2D eigenvalue weighted by molar-refractivity contribution is 5.03. The third-order valence-electron chi connectivity index (χ3n) is 4.21. The van der Waals surface area contributed by atoms with Gasteiger partial charge in [0.05, 0.1) is 26.4 Å². The van der Waals surface area contributed by atoms with E-state index in [9.17, 15) is 0 Å². The number of hydrogen-bond acceptors (Lipinski definition) is 7. The van der Waals surface area contributed by atoms with Crippen molar-refractivity contribution in [1.29, 1.82) is 0 Å². The lowest BCUT2D eigenvalue weighted by atomic mass is 10.2. The average Bonchev–Trinajstić information content (AvgIpc) is 2.77. The number of ether oxygens (including phenoxy) is 7. The average molecular weight is 447 g/mol. The van der Waals surface area contributed by atoms with Gasteiger partial charge in [-0.2, -0.15) is 0 Å². The van der Waals surface area contributed by atoms with Crippen molar-refractivity contribution in [1.82, 2.24) is 0 Å². The van der Waals surface area contributed by atoms with Gasteiger partial charge in [-0.3, -0.25) is 0 Å². The van der Waals surface area contributed by atoms with Gasteiger partial charge in [0.2, 0.25) is 0 Å².